The highest BCUT2D eigenvalue weighted by atomic mass is 19.4. The highest BCUT2D eigenvalue weighted by molar-refractivity contribution is 6.02. The van der Waals surface area contributed by atoms with Gasteiger partial charge in [-0.05, 0) is 6.07 Å². The van der Waals surface area contributed by atoms with Crippen LogP contribution >= 0.6 is 0 Å². The lowest BCUT2D eigenvalue weighted by molar-refractivity contribution is -0.140. The van der Waals surface area contributed by atoms with Crippen molar-refractivity contribution in [2.24, 2.45) is 5.73 Å². The number of hydrogen-bond donors (Lipinski definition) is 2. The Morgan fingerprint density at radius 1 is 1.24 bits per heavy atom. The average Bonchev–Trinajstić information content (AvgIpc) is 2.54. The first-order valence-electron chi connectivity index (χ1n) is 7.14. The number of pyridine rings is 1. The van der Waals surface area contributed by atoms with E-state index >= 15 is 0 Å². The number of amides is 1. The minimum atomic E-state index is -4.76. The first kappa shape index (κ1) is 18.5. The van der Waals surface area contributed by atoms with Crippen LogP contribution in [0.2, 0.25) is 0 Å². The molecule has 1 heterocycles. The number of carbonyl (C=O) groups is 1. The number of nitrogen functional groups attached to an aromatic ring is 1. The third-order valence-corrected chi connectivity index (χ3v) is 3.36. The molecule has 0 fully saturated rings. The van der Waals surface area contributed by atoms with Gasteiger partial charge in [0, 0.05) is 18.2 Å². The average molecular weight is 355 g/mol. The first-order chi connectivity index (χ1) is 11.8. The van der Waals surface area contributed by atoms with E-state index in [9.17, 15) is 18.0 Å². The number of alkyl halides is 3. The first-order valence-corrected chi connectivity index (χ1v) is 7.14. The minimum absolute atomic E-state index is 0.00347. The van der Waals surface area contributed by atoms with Crippen LogP contribution < -0.4 is 16.2 Å². The van der Waals surface area contributed by atoms with Crippen LogP contribution in [0.5, 0.6) is 5.75 Å². The summed E-state index contributed by atoms with van der Waals surface area (Å²) in [6, 6.07) is 5.92. The fraction of sp³-hybridized carbons (Fsp3) is 0.250. The van der Waals surface area contributed by atoms with Gasteiger partial charge in [0.05, 0.1) is 24.1 Å². The molecule has 0 aliphatic carbocycles. The molecule has 9 heteroatoms. The number of ether oxygens (including phenoxy) is 2. The lowest BCUT2D eigenvalue weighted by Crippen LogP contribution is -2.16. The number of aromatic nitrogens is 1. The molecular weight excluding hydrogens is 339 g/mol. The molecular formula is C16H16F3N3O3. The van der Waals surface area contributed by atoms with Gasteiger partial charge in [-0.1, -0.05) is 18.2 Å². The Hall–Kier alpha value is -2.81. The van der Waals surface area contributed by atoms with E-state index in [0.29, 0.717) is 0 Å². The molecule has 0 bridgehead atoms. The zero-order chi connectivity index (χ0) is 18.6. The zero-order valence-electron chi connectivity index (χ0n) is 13.3. The highest BCUT2D eigenvalue weighted by Gasteiger charge is 2.37. The molecule has 0 aliphatic rings. The van der Waals surface area contributed by atoms with Gasteiger partial charge in [0.2, 0.25) is 5.91 Å². The monoisotopic (exact) mass is 355 g/mol. The van der Waals surface area contributed by atoms with Gasteiger partial charge in [-0.25, -0.2) is 4.98 Å². The molecule has 25 heavy (non-hydrogen) atoms. The topological polar surface area (TPSA) is 100 Å². The van der Waals surface area contributed by atoms with Crippen molar-refractivity contribution >= 4 is 11.6 Å². The number of methoxy groups -OCH3 is 1. The van der Waals surface area contributed by atoms with Gasteiger partial charge in [-0.15, -0.1) is 0 Å². The van der Waals surface area contributed by atoms with E-state index in [4.69, 9.17) is 20.9 Å². The number of primary amides is 1. The van der Waals surface area contributed by atoms with Crippen molar-refractivity contribution in [3.63, 3.8) is 0 Å². The van der Waals surface area contributed by atoms with Crippen molar-refractivity contribution in [3.05, 3.63) is 41.7 Å². The molecule has 0 saturated heterocycles. The third kappa shape index (κ3) is 4.00. The van der Waals surface area contributed by atoms with E-state index in [1.54, 1.807) is 6.07 Å². The number of nitrogens with zero attached hydrogens (tertiary/aromatic N) is 1. The summed E-state index contributed by atoms with van der Waals surface area (Å²) in [5.74, 6) is -0.806. The van der Waals surface area contributed by atoms with Crippen LogP contribution in [0.25, 0.3) is 11.1 Å². The molecule has 134 valence electrons. The van der Waals surface area contributed by atoms with Crippen LogP contribution in [0.1, 0.15) is 16.1 Å². The van der Waals surface area contributed by atoms with Gasteiger partial charge < -0.3 is 20.9 Å². The van der Waals surface area contributed by atoms with Gasteiger partial charge >= 0.3 is 6.18 Å². The Morgan fingerprint density at radius 3 is 2.52 bits per heavy atom. The minimum Gasteiger partial charge on any atom is -0.489 e. The molecule has 1 amide bonds. The maximum absolute atomic E-state index is 13.1. The second kappa shape index (κ2) is 7.39. The van der Waals surface area contributed by atoms with Crippen LogP contribution in [-0.2, 0) is 10.9 Å². The standard InChI is InChI=1S/C16H16F3N3O3/c1-24-6-7-25-11-8-22-14(16(17,18)19)13(20)12(11)9-4-2-3-5-10(9)15(21)23/h2-5,8H,6-7,20H2,1H3,(H2,21,23). The maximum Gasteiger partial charge on any atom is 0.435 e. The van der Waals surface area contributed by atoms with Gasteiger partial charge in [-0.2, -0.15) is 13.2 Å². The second-order valence-electron chi connectivity index (χ2n) is 5.01. The van der Waals surface area contributed by atoms with E-state index in [0.717, 1.165) is 6.20 Å². The zero-order valence-corrected chi connectivity index (χ0v) is 13.3. The van der Waals surface area contributed by atoms with Crippen LogP contribution in [0.15, 0.2) is 30.5 Å². The summed E-state index contributed by atoms with van der Waals surface area (Å²) < 4.78 is 49.7. The third-order valence-electron chi connectivity index (χ3n) is 3.36. The van der Waals surface area contributed by atoms with E-state index in [2.05, 4.69) is 4.98 Å². The Kier molecular flexibility index (Phi) is 5.48. The van der Waals surface area contributed by atoms with Gasteiger partial charge in [0.1, 0.15) is 12.4 Å². The number of halogens is 3. The Morgan fingerprint density at radius 2 is 1.92 bits per heavy atom. The summed E-state index contributed by atoms with van der Waals surface area (Å²) >= 11 is 0. The summed E-state index contributed by atoms with van der Waals surface area (Å²) in [6.45, 7) is 0.270. The normalized spacial score (nSPS) is 11.4. The van der Waals surface area contributed by atoms with Crippen LogP contribution in [0.3, 0.4) is 0 Å². The Labute approximate surface area is 141 Å². The summed E-state index contributed by atoms with van der Waals surface area (Å²) in [6.07, 6.45) is -3.84. The molecule has 0 spiro atoms. The molecule has 1 aromatic carbocycles. The van der Waals surface area contributed by atoms with Gasteiger partial charge in [0.25, 0.3) is 0 Å². The number of rotatable bonds is 6. The molecule has 0 radical (unpaired) electrons. The van der Waals surface area contributed by atoms with Crippen LogP contribution in [0.4, 0.5) is 18.9 Å². The number of benzene rings is 1. The van der Waals surface area contributed by atoms with Crippen LogP contribution in [0, 0.1) is 0 Å². The molecule has 2 rings (SSSR count). The summed E-state index contributed by atoms with van der Waals surface area (Å²) in [4.78, 5) is 15.0. The van der Waals surface area contributed by atoms with Crippen molar-refractivity contribution in [1.82, 2.24) is 4.98 Å². The number of nitrogens with two attached hydrogens (primary N) is 2. The smallest absolute Gasteiger partial charge is 0.435 e. The SMILES string of the molecule is COCCOc1cnc(C(F)(F)F)c(N)c1-c1ccccc1C(N)=O. The molecule has 1 aromatic heterocycles. The van der Waals surface area contributed by atoms with Crippen molar-refractivity contribution in [1.29, 1.82) is 0 Å². The molecule has 6 nitrogen and oxygen atoms in total. The van der Waals surface area contributed by atoms with Crippen molar-refractivity contribution in [2.75, 3.05) is 26.1 Å². The summed E-state index contributed by atoms with van der Waals surface area (Å²) in [7, 11) is 1.45. The molecule has 4 N–H and O–H groups in total. The number of carbonyl (C=O) groups excluding carboxylic acids is 1. The van der Waals surface area contributed by atoms with E-state index in [1.807, 2.05) is 0 Å². The van der Waals surface area contributed by atoms with Gasteiger partial charge in [-0.3, -0.25) is 4.79 Å². The highest BCUT2D eigenvalue weighted by Crippen LogP contribution is 2.42. The Bertz CT molecular complexity index is 779. The number of anilines is 1. The van der Waals surface area contributed by atoms with Crippen molar-refractivity contribution < 1.29 is 27.4 Å². The van der Waals surface area contributed by atoms with Gasteiger partial charge in [0.15, 0.2) is 5.69 Å². The molecule has 2 aromatic rings. The predicted octanol–water partition coefficient (Wildman–Crippen LogP) is 2.47. The molecule has 0 atom stereocenters. The van der Waals surface area contributed by atoms with E-state index in [1.165, 1.54) is 25.3 Å². The van der Waals surface area contributed by atoms with E-state index < -0.39 is 23.5 Å². The van der Waals surface area contributed by atoms with Crippen molar-refractivity contribution in [3.8, 4) is 16.9 Å². The summed E-state index contributed by atoms with van der Waals surface area (Å²) in [5.41, 5.74) is 9.20. The maximum atomic E-state index is 13.1. The predicted molar refractivity (Wildman–Crippen MR) is 85.0 cm³/mol. The lowest BCUT2D eigenvalue weighted by atomic mass is 9.97. The molecule has 0 aliphatic heterocycles. The fourth-order valence-electron chi connectivity index (χ4n) is 2.27. The molecule has 0 saturated carbocycles. The summed E-state index contributed by atoms with van der Waals surface area (Å²) in [5, 5.41) is 0. The second-order valence-corrected chi connectivity index (χ2v) is 5.01. The lowest BCUT2D eigenvalue weighted by Gasteiger charge is -2.18. The number of hydrogen-bond acceptors (Lipinski definition) is 5. The van der Waals surface area contributed by atoms with Crippen molar-refractivity contribution in [2.45, 2.75) is 6.18 Å². The fourth-order valence-corrected chi connectivity index (χ4v) is 2.27. The molecule has 0 unspecified atom stereocenters. The quantitative estimate of drug-likeness (QED) is 0.776. The Balaban J connectivity index is 2.69. The largest absolute Gasteiger partial charge is 0.489 e. The van der Waals surface area contributed by atoms with E-state index in [-0.39, 0.29) is 35.7 Å². The van der Waals surface area contributed by atoms with Crippen LogP contribution in [-0.4, -0.2) is 31.2 Å².